The monoisotopic (exact) mass is 272 g/mol. The van der Waals surface area contributed by atoms with E-state index in [0.29, 0.717) is 18.4 Å². The van der Waals surface area contributed by atoms with Gasteiger partial charge in [0.25, 0.3) is 5.91 Å². The quantitative estimate of drug-likeness (QED) is 0.896. The Kier molecular flexibility index (Phi) is 3.23. The number of carbonyl (C=O) groups excluding carboxylic acids is 1. The number of ether oxygens (including phenoxy) is 1. The summed E-state index contributed by atoms with van der Waals surface area (Å²) in [5.74, 6) is 0.833. The van der Waals surface area contributed by atoms with E-state index in [4.69, 9.17) is 4.74 Å². The molecule has 3 rings (SSSR count). The van der Waals surface area contributed by atoms with Crippen LogP contribution in [0.2, 0.25) is 0 Å². The highest BCUT2D eigenvalue weighted by Gasteiger charge is 2.28. The van der Waals surface area contributed by atoms with E-state index in [1.54, 1.807) is 18.7 Å². The van der Waals surface area contributed by atoms with Gasteiger partial charge in [-0.1, -0.05) is 24.3 Å². The molecule has 0 saturated heterocycles. The number of amides is 1. The Morgan fingerprint density at radius 1 is 1.45 bits per heavy atom. The average molecular weight is 272 g/mol. The number of benzene rings is 1. The lowest BCUT2D eigenvalue weighted by Gasteiger charge is -2.24. The van der Waals surface area contributed by atoms with E-state index in [1.807, 2.05) is 24.3 Å². The minimum Gasteiger partial charge on any atom is -0.363 e. The molecule has 1 aromatic heterocycles. The molecule has 2 heterocycles. The maximum Gasteiger partial charge on any atom is 0.260 e. The van der Waals surface area contributed by atoms with Crippen molar-refractivity contribution in [3.8, 4) is 0 Å². The zero-order valence-electron chi connectivity index (χ0n) is 11.5. The van der Waals surface area contributed by atoms with Crippen molar-refractivity contribution in [2.75, 3.05) is 11.9 Å². The van der Waals surface area contributed by atoms with Crippen molar-refractivity contribution in [1.82, 2.24) is 14.8 Å². The van der Waals surface area contributed by atoms with E-state index >= 15 is 0 Å². The van der Waals surface area contributed by atoms with Crippen molar-refractivity contribution in [1.29, 1.82) is 0 Å². The van der Waals surface area contributed by atoms with Crippen LogP contribution < -0.4 is 5.32 Å². The summed E-state index contributed by atoms with van der Waals surface area (Å²) in [6, 6.07) is 7.86. The summed E-state index contributed by atoms with van der Waals surface area (Å²) in [6.45, 7) is 2.33. The summed E-state index contributed by atoms with van der Waals surface area (Å²) in [4.78, 5) is 16.5. The minimum atomic E-state index is -0.586. The van der Waals surface area contributed by atoms with E-state index in [-0.39, 0.29) is 5.91 Å². The molecule has 0 unspecified atom stereocenters. The van der Waals surface area contributed by atoms with Crippen molar-refractivity contribution in [2.24, 2.45) is 7.05 Å². The molecule has 1 aromatic carbocycles. The van der Waals surface area contributed by atoms with Crippen LogP contribution in [0.25, 0.3) is 0 Å². The third-order valence-electron chi connectivity index (χ3n) is 3.34. The summed E-state index contributed by atoms with van der Waals surface area (Å²) in [5.41, 5.74) is 2.09. The highest BCUT2D eigenvalue weighted by atomic mass is 16.5. The molecule has 0 bridgehead atoms. The number of nitrogens with one attached hydrogen (secondary N) is 1. The molecule has 6 heteroatoms. The third-order valence-corrected chi connectivity index (χ3v) is 3.34. The first-order chi connectivity index (χ1) is 9.65. The van der Waals surface area contributed by atoms with Gasteiger partial charge >= 0.3 is 0 Å². The molecular weight excluding hydrogens is 256 g/mol. The van der Waals surface area contributed by atoms with Crippen LogP contribution in [-0.2, 0) is 23.0 Å². The molecule has 2 aromatic rings. The highest BCUT2D eigenvalue weighted by Crippen LogP contribution is 2.27. The Morgan fingerprint density at radius 3 is 3.00 bits per heavy atom. The van der Waals surface area contributed by atoms with Crippen LogP contribution in [0.1, 0.15) is 23.1 Å². The highest BCUT2D eigenvalue weighted by molar-refractivity contribution is 5.93. The van der Waals surface area contributed by atoms with Crippen LogP contribution in [-0.4, -0.2) is 27.3 Å². The van der Waals surface area contributed by atoms with Crippen molar-refractivity contribution >= 4 is 11.9 Å². The molecule has 0 aliphatic carbocycles. The van der Waals surface area contributed by atoms with Gasteiger partial charge in [-0.25, -0.2) is 4.68 Å². The lowest BCUT2D eigenvalue weighted by molar-refractivity contribution is -0.128. The van der Waals surface area contributed by atoms with Crippen molar-refractivity contribution < 1.29 is 9.53 Å². The lowest BCUT2D eigenvalue weighted by atomic mass is 9.97. The second-order valence-corrected chi connectivity index (χ2v) is 4.80. The standard InChI is InChI=1S/C14H16N4O2/c1-9-15-14(18(2)17-9)16-13(19)12-11-6-4-3-5-10(11)7-8-20-12/h3-6,12H,7-8H2,1-2H3,(H,15,16,17,19)/t12-/m1/s1. The van der Waals surface area contributed by atoms with Crippen molar-refractivity contribution in [2.45, 2.75) is 19.4 Å². The van der Waals surface area contributed by atoms with E-state index < -0.39 is 6.10 Å². The van der Waals surface area contributed by atoms with Gasteiger partial charge in [-0.15, -0.1) is 0 Å². The summed E-state index contributed by atoms with van der Waals surface area (Å²) >= 11 is 0. The normalized spacial score (nSPS) is 17.6. The van der Waals surface area contributed by atoms with Gasteiger partial charge in [-0.2, -0.15) is 10.1 Å². The van der Waals surface area contributed by atoms with Gasteiger partial charge < -0.3 is 4.74 Å². The van der Waals surface area contributed by atoms with E-state index in [0.717, 1.165) is 17.5 Å². The second kappa shape index (κ2) is 5.05. The number of anilines is 1. The number of nitrogens with zero attached hydrogens (tertiary/aromatic N) is 3. The van der Waals surface area contributed by atoms with Gasteiger partial charge in [-0.05, 0) is 24.5 Å². The van der Waals surface area contributed by atoms with Crippen LogP contribution in [0.4, 0.5) is 5.95 Å². The van der Waals surface area contributed by atoms with Crippen LogP contribution in [0.3, 0.4) is 0 Å². The molecule has 0 radical (unpaired) electrons. The number of aryl methyl sites for hydroxylation is 2. The molecule has 0 saturated carbocycles. The Bertz CT molecular complexity index is 650. The van der Waals surface area contributed by atoms with Gasteiger partial charge in [0.2, 0.25) is 5.95 Å². The second-order valence-electron chi connectivity index (χ2n) is 4.80. The van der Waals surface area contributed by atoms with E-state index in [9.17, 15) is 4.79 Å². The van der Waals surface area contributed by atoms with Crippen molar-refractivity contribution in [3.63, 3.8) is 0 Å². The van der Waals surface area contributed by atoms with E-state index in [2.05, 4.69) is 15.4 Å². The molecule has 1 amide bonds. The molecule has 1 aliphatic rings. The van der Waals surface area contributed by atoms with Gasteiger partial charge in [-0.3, -0.25) is 10.1 Å². The summed E-state index contributed by atoms with van der Waals surface area (Å²) < 4.78 is 7.16. The SMILES string of the molecule is Cc1nc(NC(=O)[C@@H]2OCCc3ccccc32)n(C)n1. The van der Waals surface area contributed by atoms with Crippen LogP contribution in [0.5, 0.6) is 0 Å². The van der Waals surface area contributed by atoms with E-state index in [1.165, 1.54) is 0 Å². The Hall–Kier alpha value is -2.21. The molecule has 0 spiro atoms. The maximum atomic E-state index is 12.4. The molecule has 104 valence electrons. The predicted molar refractivity (Wildman–Crippen MR) is 73.2 cm³/mol. The third kappa shape index (κ3) is 2.30. The Morgan fingerprint density at radius 2 is 2.25 bits per heavy atom. The lowest BCUT2D eigenvalue weighted by Crippen LogP contribution is -2.29. The first-order valence-corrected chi connectivity index (χ1v) is 6.53. The topological polar surface area (TPSA) is 69.0 Å². The fourth-order valence-electron chi connectivity index (χ4n) is 2.41. The molecule has 1 N–H and O–H groups in total. The summed E-state index contributed by atoms with van der Waals surface area (Å²) in [7, 11) is 1.74. The number of hydrogen-bond acceptors (Lipinski definition) is 4. The first-order valence-electron chi connectivity index (χ1n) is 6.53. The number of hydrogen-bond donors (Lipinski definition) is 1. The van der Waals surface area contributed by atoms with Gasteiger partial charge in [0.15, 0.2) is 6.10 Å². The summed E-state index contributed by atoms with van der Waals surface area (Å²) in [5, 5.41) is 6.87. The maximum absolute atomic E-state index is 12.4. The predicted octanol–water partition coefficient (Wildman–Crippen LogP) is 1.38. The molecule has 20 heavy (non-hydrogen) atoms. The molecule has 1 aliphatic heterocycles. The molecule has 1 atom stereocenters. The fraction of sp³-hybridized carbons (Fsp3) is 0.357. The summed E-state index contributed by atoms with van der Waals surface area (Å²) in [6.07, 6.45) is 0.250. The minimum absolute atomic E-state index is 0.215. The Labute approximate surface area is 116 Å². The average Bonchev–Trinajstić information content (AvgIpc) is 2.76. The smallest absolute Gasteiger partial charge is 0.260 e. The van der Waals surface area contributed by atoms with Crippen molar-refractivity contribution in [3.05, 3.63) is 41.2 Å². The van der Waals surface area contributed by atoms with Crippen LogP contribution >= 0.6 is 0 Å². The fourth-order valence-corrected chi connectivity index (χ4v) is 2.41. The van der Waals surface area contributed by atoms with Gasteiger partial charge in [0.1, 0.15) is 5.82 Å². The molecule has 0 fully saturated rings. The van der Waals surface area contributed by atoms with Gasteiger partial charge in [0, 0.05) is 7.05 Å². The zero-order chi connectivity index (χ0) is 14.1. The van der Waals surface area contributed by atoms with Crippen LogP contribution in [0.15, 0.2) is 24.3 Å². The number of carbonyl (C=O) groups is 1. The molecule has 6 nitrogen and oxygen atoms in total. The molecular formula is C14H16N4O2. The van der Waals surface area contributed by atoms with Crippen LogP contribution in [0, 0.1) is 6.92 Å². The number of rotatable bonds is 2. The van der Waals surface area contributed by atoms with Gasteiger partial charge in [0.05, 0.1) is 6.61 Å². The number of fused-ring (bicyclic) bond motifs is 1. The largest absolute Gasteiger partial charge is 0.363 e. The zero-order valence-corrected chi connectivity index (χ0v) is 11.5. The first kappa shape index (κ1) is 12.8. The Balaban J connectivity index is 1.83. The number of aromatic nitrogens is 3.